The second-order valence-electron chi connectivity index (χ2n) is 5.94. The predicted molar refractivity (Wildman–Crippen MR) is 65.4 cm³/mol. The van der Waals surface area contributed by atoms with Gasteiger partial charge in [0.25, 0.3) is 0 Å². The topological polar surface area (TPSA) is 29.5 Å². The molecular formula is C14H26O2. The maximum atomic E-state index is 10.2. The van der Waals surface area contributed by atoms with Crippen molar-refractivity contribution in [2.75, 3.05) is 6.61 Å². The molecule has 2 rings (SSSR count). The molecule has 0 aromatic rings. The van der Waals surface area contributed by atoms with E-state index in [4.69, 9.17) is 4.74 Å². The Labute approximate surface area is 99.4 Å². The lowest BCUT2D eigenvalue weighted by Crippen LogP contribution is -2.29. The van der Waals surface area contributed by atoms with Crippen molar-refractivity contribution in [2.45, 2.75) is 76.9 Å². The normalized spacial score (nSPS) is 30.8. The van der Waals surface area contributed by atoms with Gasteiger partial charge in [0.15, 0.2) is 0 Å². The maximum Gasteiger partial charge on any atom is 0.0593 e. The van der Waals surface area contributed by atoms with Gasteiger partial charge in [0.2, 0.25) is 0 Å². The average Bonchev–Trinajstić information content (AvgIpc) is 2.90. The van der Waals surface area contributed by atoms with Gasteiger partial charge < -0.3 is 9.84 Å². The maximum absolute atomic E-state index is 10.2. The molecule has 2 atom stereocenters. The first kappa shape index (κ1) is 12.4. The van der Waals surface area contributed by atoms with Crippen molar-refractivity contribution < 1.29 is 9.84 Å². The van der Waals surface area contributed by atoms with E-state index in [0.717, 1.165) is 25.9 Å². The summed E-state index contributed by atoms with van der Waals surface area (Å²) in [6, 6.07) is 0. The third-order valence-corrected chi connectivity index (χ3v) is 4.58. The van der Waals surface area contributed by atoms with Crippen molar-refractivity contribution in [3.63, 3.8) is 0 Å². The largest absolute Gasteiger partial charge is 0.393 e. The Morgan fingerprint density at radius 1 is 1.31 bits per heavy atom. The molecule has 1 aliphatic carbocycles. The van der Waals surface area contributed by atoms with Gasteiger partial charge in [-0.25, -0.2) is 0 Å². The molecule has 1 saturated carbocycles. The highest BCUT2D eigenvalue weighted by atomic mass is 16.5. The van der Waals surface area contributed by atoms with Crippen molar-refractivity contribution in [2.24, 2.45) is 5.41 Å². The van der Waals surface area contributed by atoms with Crippen LogP contribution >= 0.6 is 0 Å². The quantitative estimate of drug-likeness (QED) is 0.779. The van der Waals surface area contributed by atoms with E-state index in [9.17, 15) is 5.11 Å². The first-order valence-electron chi connectivity index (χ1n) is 7.00. The van der Waals surface area contributed by atoms with E-state index in [1.54, 1.807) is 0 Å². The minimum absolute atomic E-state index is 0.0867. The van der Waals surface area contributed by atoms with Crippen LogP contribution in [0.15, 0.2) is 0 Å². The molecule has 2 aliphatic rings. The molecular weight excluding hydrogens is 200 g/mol. The Balaban J connectivity index is 1.64. The van der Waals surface area contributed by atoms with E-state index in [-0.39, 0.29) is 11.5 Å². The molecule has 2 heteroatoms. The molecule has 94 valence electrons. The molecule has 1 aliphatic heterocycles. The van der Waals surface area contributed by atoms with Crippen molar-refractivity contribution in [3.8, 4) is 0 Å². The molecule has 1 heterocycles. The number of ether oxygens (including phenoxy) is 1. The van der Waals surface area contributed by atoms with Crippen molar-refractivity contribution in [1.29, 1.82) is 0 Å². The van der Waals surface area contributed by atoms with Crippen LogP contribution in [-0.4, -0.2) is 23.9 Å². The molecule has 0 aromatic carbocycles. The lowest BCUT2D eigenvalue weighted by Gasteiger charge is -2.30. The van der Waals surface area contributed by atoms with Gasteiger partial charge in [-0.3, -0.25) is 0 Å². The second kappa shape index (κ2) is 5.50. The summed E-state index contributed by atoms with van der Waals surface area (Å²) in [5.41, 5.74) is 0.219. The summed E-state index contributed by atoms with van der Waals surface area (Å²) in [7, 11) is 0. The summed E-state index contributed by atoms with van der Waals surface area (Å²) in [5.74, 6) is 0. The number of hydrogen-bond donors (Lipinski definition) is 1. The number of rotatable bonds is 5. The van der Waals surface area contributed by atoms with E-state index in [2.05, 4.69) is 6.92 Å². The molecule has 0 spiro atoms. The van der Waals surface area contributed by atoms with Gasteiger partial charge in [0, 0.05) is 6.61 Å². The van der Waals surface area contributed by atoms with Gasteiger partial charge in [-0.05, 0) is 50.4 Å². The van der Waals surface area contributed by atoms with Crippen LogP contribution in [0.2, 0.25) is 0 Å². The fourth-order valence-electron chi connectivity index (χ4n) is 3.28. The van der Waals surface area contributed by atoms with Crippen molar-refractivity contribution in [3.05, 3.63) is 0 Å². The highest BCUT2D eigenvalue weighted by molar-refractivity contribution is 4.86. The highest BCUT2D eigenvalue weighted by Crippen LogP contribution is 2.42. The summed E-state index contributed by atoms with van der Waals surface area (Å²) in [5, 5.41) is 10.2. The standard InChI is InChI=1S/C14H26O2/c1-14(9-2-3-10-14)13(15)8-4-6-12-7-5-11-16-12/h12-13,15H,2-11H2,1H3. The van der Waals surface area contributed by atoms with Crippen LogP contribution in [0, 0.1) is 5.41 Å². The number of aliphatic hydroxyl groups is 1. The molecule has 2 unspecified atom stereocenters. The smallest absolute Gasteiger partial charge is 0.0593 e. The summed E-state index contributed by atoms with van der Waals surface area (Å²) in [6.45, 7) is 3.21. The predicted octanol–water partition coefficient (Wildman–Crippen LogP) is 3.28. The van der Waals surface area contributed by atoms with E-state index in [1.807, 2.05) is 0 Å². The fraction of sp³-hybridized carbons (Fsp3) is 1.00. The summed E-state index contributed by atoms with van der Waals surface area (Å²) >= 11 is 0. The second-order valence-corrected chi connectivity index (χ2v) is 5.94. The van der Waals surface area contributed by atoms with E-state index in [0.29, 0.717) is 6.10 Å². The molecule has 1 saturated heterocycles. The molecule has 0 aromatic heterocycles. The molecule has 2 fully saturated rings. The molecule has 1 N–H and O–H groups in total. The lowest BCUT2D eigenvalue weighted by atomic mass is 9.80. The van der Waals surface area contributed by atoms with Gasteiger partial charge in [-0.2, -0.15) is 0 Å². The molecule has 16 heavy (non-hydrogen) atoms. The Morgan fingerprint density at radius 3 is 2.69 bits per heavy atom. The minimum atomic E-state index is -0.0867. The Bertz CT molecular complexity index is 203. The van der Waals surface area contributed by atoms with Crippen LogP contribution < -0.4 is 0 Å². The lowest BCUT2D eigenvalue weighted by molar-refractivity contribution is 0.0281. The summed E-state index contributed by atoms with van der Waals surface area (Å²) in [6.07, 6.45) is 11.1. The molecule has 2 nitrogen and oxygen atoms in total. The fourth-order valence-corrected chi connectivity index (χ4v) is 3.28. The number of hydrogen-bond acceptors (Lipinski definition) is 2. The SMILES string of the molecule is CC1(C(O)CCCC2CCCO2)CCCC1. The van der Waals surface area contributed by atoms with Crippen molar-refractivity contribution in [1.82, 2.24) is 0 Å². The van der Waals surface area contributed by atoms with Crippen LogP contribution in [0.4, 0.5) is 0 Å². The van der Waals surface area contributed by atoms with Crippen LogP contribution in [0.25, 0.3) is 0 Å². The zero-order valence-electron chi connectivity index (χ0n) is 10.6. The van der Waals surface area contributed by atoms with Gasteiger partial charge in [0.1, 0.15) is 0 Å². The van der Waals surface area contributed by atoms with Gasteiger partial charge in [-0.15, -0.1) is 0 Å². The van der Waals surface area contributed by atoms with Gasteiger partial charge in [0.05, 0.1) is 12.2 Å². The Hall–Kier alpha value is -0.0800. The van der Waals surface area contributed by atoms with Crippen LogP contribution in [0.1, 0.15) is 64.7 Å². The third kappa shape index (κ3) is 2.98. The van der Waals surface area contributed by atoms with E-state index >= 15 is 0 Å². The molecule has 0 amide bonds. The van der Waals surface area contributed by atoms with E-state index < -0.39 is 0 Å². The number of aliphatic hydroxyl groups excluding tert-OH is 1. The van der Waals surface area contributed by atoms with Gasteiger partial charge in [-0.1, -0.05) is 19.8 Å². The van der Waals surface area contributed by atoms with Crippen LogP contribution in [0.3, 0.4) is 0 Å². The van der Waals surface area contributed by atoms with Gasteiger partial charge >= 0.3 is 0 Å². The average molecular weight is 226 g/mol. The monoisotopic (exact) mass is 226 g/mol. The third-order valence-electron chi connectivity index (χ3n) is 4.58. The minimum Gasteiger partial charge on any atom is -0.393 e. The highest BCUT2D eigenvalue weighted by Gasteiger charge is 2.35. The molecule has 0 radical (unpaired) electrons. The zero-order chi connectivity index (χ0) is 11.4. The van der Waals surface area contributed by atoms with E-state index in [1.165, 1.54) is 38.5 Å². The first-order valence-corrected chi connectivity index (χ1v) is 7.00. The Kier molecular flexibility index (Phi) is 4.26. The van der Waals surface area contributed by atoms with Crippen LogP contribution in [0.5, 0.6) is 0 Å². The first-order chi connectivity index (χ1) is 7.71. The zero-order valence-corrected chi connectivity index (χ0v) is 10.6. The van der Waals surface area contributed by atoms with Crippen molar-refractivity contribution >= 4 is 0 Å². The summed E-state index contributed by atoms with van der Waals surface area (Å²) in [4.78, 5) is 0. The summed E-state index contributed by atoms with van der Waals surface area (Å²) < 4.78 is 5.60. The molecule has 0 bridgehead atoms. The van der Waals surface area contributed by atoms with Crippen LogP contribution in [-0.2, 0) is 4.74 Å². The Morgan fingerprint density at radius 2 is 2.06 bits per heavy atom.